The number of rotatable bonds is 3. The van der Waals surface area contributed by atoms with Crippen LogP contribution in [0.5, 0.6) is 11.5 Å². The zero-order valence-corrected chi connectivity index (χ0v) is 10.9. The van der Waals surface area contributed by atoms with Gasteiger partial charge >= 0.3 is 5.97 Å². The van der Waals surface area contributed by atoms with Crippen molar-refractivity contribution >= 4 is 5.97 Å². The zero-order chi connectivity index (χ0) is 13.3. The Morgan fingerprint density at radius 2 is 2.28 bits per heavy atom. The molecule has 4 heteroatoms. The molecule has 0 radical (unpaired) electrons. The van der Waals surface area contributed by atoms with Crippen LogP contribution in [-0.4, -0.2) is 23.8 Å². The Bertz CT molecular complexity index is 465. The van der Waals surface area contributed by atoms with Gasteiger partial charge in [-0.3, -0.25) is 4.79 Å². The standard InChI is InChI=1S/C14H18O4/c1-14(2)8-9(6-13(15)16)11-7-10(17-3)4-5-12(11)18-14/h4-5,7,9H,6,8H2,1-3H3,(H,15,16). The van der Waals surface area contributed by atoms with Crippen LogP contribution in [-0.2, 0) is 4.79 Å². The summed E-state index contributed by atoms with van der Waals surface area (Å²) in [6.07, 6.45) is 0.812. The molecule has 0 fully saturated rings. The molecule has 98 valence electrons. The average Bonchev–Trinajstić information content (AvgIpc) is 2.26. The molecule has 0 saturated heterocycles. The van der Waals surface area contributed by atoms with Gasteiger partial charge in [0.2, 0.25) is 0 Å². The molecule has 0 aromatic heterocycles. The maximum Gasteiger partial charge on any atom is 0.303 e. The maximum absolute atomic E-state index is 11.0. The number of fused-ring (bicyclic) bond motifs is 1. The lowest BCUT2D eigenvalue weighted by Gasteiger charge is -2.37. The molecular weight excluding hydrogens is 232 g/mol. The molecule has 0 aliphatic carbocycles. The number of carbonyl (C=O) groups is 1. The highest BCUT2D eigenvalue weighted by Gasteiger charge is 2.34. The number of carboxylic acids is 1. The van der Waals surface area contributed by atoms with E-state index in [1.165, 1.54) is 0 Å². The maximum atomic E-state index is 11.0. The van der Waals surface area contributed by atoms with Gasteiger partial charge in [0.15, 0.2) is 0 Å². The first kappa shape index (κ1) is 12.7. The van der Waals surface area contributed by atoms with E-state index in [0.29, 0.717) is 6.42 Å². The third-order valence-electron chi connectivity index (χ3n) is 3.20. The van der Waals surface area contributed by atoms with Gasteiger partial charge in [0.1, 0.15) is 17.1 Å². The van der Waals surface area contributed by atoms with Gasteiger partial charge in [-0.25, -0.2) is 0 Å². The molecule has 0 bridgehead atoms. The van der Waals surface area contributed by atoms with Crippen molar-refractivity contribution in [3.63, 3.8) is 0 Å². The van der Waals surface area contributed by atoms with E-state index >= 15 is 0 Å². The van der Waals surface area contributed by atoms with Crippen molar-refractivity contribution in [2.45, 2.75) is 38.2 Å². The van der Waals surface area contributed by atoms with E-state index in [-0.39, 0.29) is 17.9 Å². The minimum atomic E-state index is -0.786. The fourth-order valence-corrected chi connectivity index (χ4v) is 2.50. The second-order valence-electron chi connectivity index (χ2n) is 5.26. The summed E-state index contributed by atoms with van der Waals surface area (Å²) in [7, 11) is 1.60. The van der Waals surface area contributed by atoms with Crippen LogP contribution < -0.4 is 9.47 Å². The number of hydrogen-bond donors (Lipinski definition) is 1. The van der Waals surface area contributed by atoms with Gasteiger partial charge in [0, 0.05) is 11.5 Å². The van der Waals surface area contributed by atoms with Crippen LogP contribution in [0.4, 0.5) is 0 Å². The highest BCUT2D eigenvalue weighted by Crippen LogP contribution is 2.43. The highest BCUT2D eigenvalue weighted by molar-refractivity contribution is 5.68. The van der Waals surface area contributed by atoms with E-state index in [4.69, 9.17) is 14.6 Å². The van der Waals surface area contributed by atoms with Crippen molar-refractivity contribution in [2.75, 3.05) is 7.11 Å². The largest absolute Gasteiger partial charge is 0.497 e. The molecule has 1 heterocycles. The van der Waals surface area contributed by atoms with E-state index in [2.05, 4.69) is 0 Å². The summed E-state index contributed by atoms with van der Waals surface area (Å²) < 4.78 is 11.1. The lowest BCUT2D eigenvalue weighted by molar-refractivity contribution is -0.137. The van der Waals surface area contributed by atoms with Crippen molar-refractivity contribution in [3.05, 3.63) is 23.8 Å². The van der Waals surface area contributed by atoms with Crippen molar-refractivity contribution in [3.8, 4) is 11.5 Å². The van der Waals surface area contributed by atoms with Crippen molar-refractivity contribution in [2.24, 2.45) is 0 Å². The van der Waals surface area contributed by atoms with E-state index in [1.807, 2.05) is 32.0 Å². The SMILES string of the molecule is COc1ccc2c(c1)C(CC(=O)O)CC(C)(C)O2. The van der Waals surface area contributed by atoms with E-state index < -0.39 is 5.97 Å². The average molecular weight is 250 g/mol. The molecule has 1 aromatic rings. The Morgan fingerprint density at radius 3 is 2.89 bits per heavy atom. The third-order valence-corrected chi connectivity index (χ3v) is 3.20. The van der Waals surface area contributed by atoms with Crippen molar-refractivity contribution < 1.29 is 19.4 Å². The first-order chi connectivity index (χ1) is 8.41. The van der Waals surface area contributed by atoms with Gasteiger partial charge in [-0.1, -0.05) is 0 Å². The van der Waals surface area contributed by atoms with Crippen LogP contribution in [0.15, 0.2) is 18.2 Å². The van der Waals surface area contributed by atoms with Gasteiger partial charge in [0.25, 0.3) is 0 Å². The predicted octanol–water partition coefficient (Wildman–Crippen LogP) is 2.81. The van der Waals surface area contributed by atoms with Crippen LogP contribution >= 0.6 is 0 Å². The Morgan fingerprint density at radius 1 is 1.56 bits per heavy atom. The third kappa shape index (κ3) is 2.58. The van der Waals surface area contributed by atoms with E-state index in [0.717, 1.165) is 17.1 Å². The fraction of sp³-hybridized carbons (Fsp3) is 0.500. The molecule has 1 aromatic carbocycles. The summed E-state index contributed by atoms with van der Waals surface area (Å²) in [5.74, 6) is 0.675. The molecule has 1 N–H and O–H groups in total. The normalized spacial score (nSPS) is 20.7. The van der Waals surface area contributed by atoms with Gasteiger partial charge < -0.3 is 14.6 Å². The number of aliphatic carboxylic acids is 1. The van der Waals surface area contributed by atoms with Crippen molar-refractivity contribution in [1.82, 2.24) is 0 Å². The number of ether oxygens (including phenoxy) is 2. The van der Waals surface area contributed by atoms with Crippen LogP contribution in [0.2, 0.25) is 0 Å². The number of methoxy groups -OCH3 is 1. The zero-order valence-electron chi connectivity index (χ0n) is 10.9. The minimum Gasteiger partial charge on any atom is -0.497 e. The predicted molar refractivity (Wildman–Crippen MR) is 67.3 cm³/mol. The Kier molecular flexibility index (Phi) is 3.20. The highest BCUT2D eigenvalue weighted by atomic mass is 16.5. The van der Waals surface area contributed by atoms with Crippen LogP contribution in [0, 0.1) is 0 Å². The van der Waals surface area contributed by atoms with Crippen LogP contribution in [0.3, 0.4) is 0 Å². The molecule has 4 nitrogen and oxygen atoms in total. The number of carboxylic acid groups (broad SMARTS) is 1. The molecule has 18 heavy (non-hydrogen) atoms. The summed E-state index contributed by atoms with van der Waals surface area (Å²) in [6, 6.07) is 5.56. The number of benzene rings is 1. The fourth-order valence-electron chi connectivity index (χ4n) is 2.50. The molecule has 1 aliphatic heterocycles. The summed E-state index contributed by atoms with van der Waals surface area (Å²) >= 11 is 0. The second kappa shape index (κ2) is 4.52. The molecule has 1 atom stereocenters. The lowest BCUT2D eigenvalue weighted by atomic mass is 9.82. The summed E-state index contributed by atoms with van der Waals surface area (Å²) in [5.41, 5.74) is 0.595. The molecule has 1 unspecified atom stereocenters. The quantitative estimate of drug-likeness (QED) is 0.896. The van der Waals surface area contributed by atoms with Crippen molar-refractivity contribution in [1.29, 1.82) is 0 Å². The summed E-state index contributed by atoms with van der Waals surface area (Å²) in [5, 5.41) is 9.02. The Labute approximate surface area is 107 Å². The topological polar surface area (TPSA) is 55.8 Å². The molecular formula is C14H18O4. The van der Waals surface area contributed by atoms with Crippen LogP contribution in [0.1, 0.15) is 38.2 Å². The van der Waals surface area contributed by atoms with E-state index in [9.17, 15) is 4.79 Å². The number of hydrogen-bond acceptors (Lipinski definition) is 3. The first-order valence-corrected chi connectivity index (χ1v) is 6.00. The minimum absolute atomic E-state index is 0.0312. The van der Waals surface area contributed by atoms with E-state index in [1.54, 1.807) is 7.11 Å². The molecule has 1 aliphatic rings. The Balaban J connectivity index is 2.40. The van der Waals surface area contributed by atoms with Gasteiger partial charge in [0.05, 0.1) is 13.5 Å². The summed E-state index contributed by atoms with van der Waals surface area (Å²) in [6.45, 7) is 3.96. The van der Waals surface area contributed by atoms with Crippen LogP contribution in [0.25, 0.3) is 0 Å². The smallest absolute Gasteiger partial charge is 0.303 e. The molecule has 2 rings (SSSR count). The molecule has 0 saturated carbocycles. The molecule has 0 amide bonds. The van der Waals surface area contributed by atoms with Gasteiger partial charge in [-0.2, -0.15) is 0 Å². The first-order valence-electron chi connectivity index (χ1n) is 6.00. The van der Waals surface area contributed by atoms with Gasteiger partial charge in [-0.15, -0.1) is 0 Å². The monoisotopic (exact) mass is 250 g/mol. The lowest BCUT2D eigenvalue weighted by Crippen LogP contribution is -2.35. The second-order valence-corrected chi connectivity index (χ2v) is 5.26. The molecule has 0 spiro atoms. The van der Waals surface area contributed by atoms with Gasteiger partial charge in [-0.05, 0) is 38.5 Å². The Hall–Kier alpha value is -1.71. The summed E-state index contributed by atoms with van der Waals surface area (Å²) in [4.78, 5) is 11.0.